The van der Waals surface area contributed by atoms with Gasteiger partial charge in [0.1, 0.15) is 27.1 Å². The Balaban J connectivity index is 1.72. The van der Waals surface area contributed by atoms with Crippen molar-refractivity contribution in [2.45, 2.75) is 44.4 Å². The van der Waals surface area contributed by atoms with Crippen molar-refractivity contribution in [1.82, 2.24) is 19.7 Å². The van der Waals surface area contributed by atoms with Crippen LogP contribution in [0.3, 0.4) is 0 Å². The lowest BCUT2D eigenvalue weighted by molar-refractivity contribution is 0.0819. The third-order valence-electron chi connectivity index (χ3n) is 7.56. The molecule has 2 aromatic heterocycles. The minimum atomic E-state index is -0.691. The van der Waals surface area contributed by atoms with E-state index in [9.17, 15) is 19.5 Å². The zero-order valence-corrected chi connectivity index (χ0v) is 21.8. The van der Waals surface area contributed by atoms with Crippen LogP contribution in [0.5, 0.6) is 5.75 Å². The number of anilines is 3. The number of rotatable bonds is 7. The molecule has 36 heavy (non-hydrogen) atoms. The number of pyridine rings is 1. The summed E-state index contributed by atoms with van der Waals surface area (Å²) in [6.07, 6.45) is 5.19. The van der Waals surface area contributed by atoms with E-state index in [2.05, 4.69) is 38.2 Å². The molecule has 3 aromatic rings. The summed E-state index contributed by atoms with van der Waals surface area (Å²) in [5, 5.41) is 21.6. The first kappa shape index (κ1) is 25.5. The lowest BCUT2D eigenvalue weighted by Crippen LogP contribution is -2.40. The molecular weight excluding hydrogens is 458 g/mol. The predicted molar refractivity (Wildman–Crippen MR) is 145 cm³/mol. The highest BCUT2D eigenvalue weighted by Gasteiger charge is 2.46. The topological polar surface area (TPSA) is 129 Å². The Hall–Kier alpha value is -3.56. The summed E-state index contributed by atoms with van der Waals surface area (Å²) >= 11 is 0. The summed E-state index contributed by atoms with van der Waals surface area (Å²) in [6, 6.07) is 1.15. The molecule has 3 N–H and O–H groups in total. The van der Waals surface area contributed by atoms with Crippen molar-refractivity contribution in [3.63, 3.8) is 0 Å². The van der Waals surface area contributed by atoms with Gasteiger partial charge in [-0.2, -0.15) is 5.10 Å². The fraction of sp³-hybridized carbons (Fsp3) is 0.458. The number of aryl methyl sites for hydroxylation is 2. The molecule has 0 spiro atoms. The zero-order valence-electron chi connectivity index (χ0n) is 21.8. The van der Waals surface area contributed by atoms with Gasteiger partial charge >= 0.3 is 0 Å². The van der Waals surface area contributed by atoms with Crippen molar-refractivity contribution in [3.05, 3.63) is 55.9 Å². The second kappa shape index (κ2) is 9.15. The molecule has 0 aliphatic heterocycles. The van der Waals surface area contributed by atoms with E-state index in [0.717, 1.165) is 24.1 Å². The fourth-order valence-corrected chi connectivity index (χ4v) is 5.53. The summed E-state index contributed by atoms with van der Waals surface area (Å²) in [5.41, 5.74) is 0.485. The largest absolute Gasteiger partial charge is 0.504 e. The number of carbonyl (C=O) groups is 1. The monoisotopic (exact) mass is 490 g/mol. The van der Waals surface area contributed by atoms with Gasteiger partial charge in [-0.1, -0.05) is 31.4 Å². The number of carbonyl (C=O) groups excluding carboxylic acids is 1. The van der Waals surface area contributed by atoms with E-state index in [-0.39, 0.29) is 34.2 Å². The standard InChI is InChI=1S/C24H32B2N6O4/c1-11-10-32(5)30-15(11)22(24(2)8-12(25)13(26)9-24)29-17-16(20(34)21(17)35)28-14-6-7-27-18(19(14)33)23(36)31(3)4/h6-7,10,12-13,22,29,33H,8-9,25-26H2,1-5H3,(H,27,28)/t12?,13?,22-,24?/m0/s1. The first-order valence-electron chi connectivity index (χ1n) is 12.1. The Bertz CT molecular complexity index is 1380. The highest BCUT2D eigenvalue weighted by atomic mass is 16.3. The van der Waals surface area contributed by atoms with E-state index >= 15 is 0 Å². The van der Waals surface area contributed by atoms with Gasteiger partial charge in [0.05, 0.1) is 17.4 Å². The number of hydrogen-bond acceptors (Lipinski definition) is 8. The fourth-order valence-electron chi connectivity index (χ4n) is 5.53. The van der Waals surface area contributed by atoms with Crippen molar-refractivity contribution in [3.8, 4) is 5.75 Å². The molecule has 1 aromatic carbocycles. The summed E-state index contributed by atoms with van der Waals surface area (Å²) in [5.74, 6) is 0.144. The molecule has 1 amide bonds. The van der Waals surface area contributed by atoms with Crippen LogP contribution in [-0.4, -0.2) is 60.5 Å². The maximum absolute atomic E-state index is 12.7. The lowest BCUT2D eigenvalue weighted by Gasteiger charge is -2.36. The van der Waals surface area contributed by atoms with Crippen LogP contribution in [0.1, 0.15) is 47.6 Å². The number of amides is 1. The average Bonchev–Trinajstić information content (AvgIpc) is 3.29. The number of aromatic nitrogens is 3. The van der Waals surface area contributed by atoms with Crippen LogP contribution in [0.2, 0.25) is 11.6 Å². The van der Waals surface area contributed by atoms with Crippen molar-refractivity contribution >= 4 is 38.7 Å². The van der Waals surface area contributed by atoms with Gasteiger partial charge in [0.15, 0.2) is 11.4 Å². The minimum Gasteiger partial charge on any atom is -0.504 e. The minimum absolute atomic E-state index is 0.0473. The van der Waals surface area contributed by atoms with Crippen molar-refractivity contribution < 1.29 is 9.90 Å². The van der Waals surface area contributed by atoms with E-state index in [1.54, 1.807) is 18.8 Å². The lowest BCUT2D eigenvalue weighted by atomic mass is 9.69. The van der Waals surface area contributed by atoms with Crippen LogP contribution in [-0.2, 0) is 7.05 Å². The predicted octanol–water partition coefficient (Wildman–Crippen LogP) is 0.667. The molecule has 188 valence electrons. The van der Waals surface area contributed by atoms with Crippen LogP contribution >= 0.6 is 0 Å². The van der Waals surface area contributed by atoms with Crippen molar-refractivity contribution in [1.29, 1.82) is 0 Å². The molecule has 10 nitrogen and oxygen atoms in total. The Labute approximate surface area is 211 Å². The van der Waals surface area contributed by atoms with E-state index in [0.29, 0.717) is 11.6 Å². The van der Waals surface area contributed by atoms with Crippen molar-refractivity contribution in [2.24, 2.45) is 12.5 Å². The van der Waals surface area contributed by atoms with Crippen LogP contribution in [0.4, 0.5) is 17.1 Å². The number of nitrogens with one attached hydrogen (secondary N) is 2. The summed E-state index contributed by atoms with van der Waals surface area (Å²) in [4.78, 5) is 43.0. The van der Waals surface area contributed by atoms with Crippen LogP contribution in [0.25, 0.3) is 0 Å². The molecule has 4 rings (SSSR count). The summed E-state index contributed by atoms with van der Waals surface area (Å²) in [6.45, 7) is 4.19. The molecule has 1 saturated carbocycles. The number of hydrogen-bond donors (Lipinski definition) is 3. The highest BCUT2D eigenvalue weighted by molar-refractivity contribution is 6.21. The van der Waals surface area contributed by atoms with E-state index in [4.69, 9.17) is 5.10 Å². The third kappa shape index (κ3) is 4.29. The second-order valence-electron chi connectivity index (χ2n) is 10.8. The normalized spacial score (nSPS) is 22.5. The van der Waals surface area contributed by atoms with Gasteiger partial charge in [-0.05, 0) is 24.0 Å². The molecular formula is C24H32B2N6O4. The van der Waals surface area contributed by atoms with Gasteiger partial charge in [-0.25, -0.2) is 4.98 Å². The maximum atomic E-state index is 12.7. The summed E-state index contributed by atoms with van der Waals surface area (Å²) < 4.78 is 1.75. The molecule has 1 fully saturated rings. The first-order chi connectivity index (χ1) is 16.8. The summed E-state index contributed by atoms with van der Waals surface area (Å²) in [7, 11) is 9.43. The first-order valence-corrected chi connectivity index (χ1v) is 12.1. The highest BCUT2D eigenvalue weighted by Crippen LogP contribution is 2.56. The maximum Gasteiger partial charge on any atom is 0.275 e. The molecule has 2 unspecified atom stereocenters. The Morgan fingerprint density at radius 1 is 1.22 bits per heavy atom. The third-order valence-corrected chi connectivity index (χ3v) is 7.56. The quantitative estimate of drug-likeness (QED) is 0.326. The Kier molecular flexibility index (Phi) is 6.49. The average molecular weight is 490 g/mol. The second-order valence-corrected chi connectivity index (χ2v) is 10.8. The van der Waals surface area contributed by atoms with E-state index in [1.807, 2.05) is 20.2 Å². The smallest absolute Gasteiger partial charge is 0.275 e. The van der Waals surface area contributed by atoms with Gasteiger partial charge in [-0.15, -0.1) is 0 Å². The zero-order chi connectivity index (χ0) is 26.5. The van der Waals surface area contributed by atoms with Gasteiger partial charge in [-0.3, -0.25) is 19.1 Å². The molecule has 1 aliphatic carbocycles. The molecule has 0 saturated heterocycles. The molecule has 12 heteroatoms. The van der Waals surface area contributed by atoms with E-state index < -0.39 is 22.5 Å². The molecule has 2 heterocycles. The van der Waals surface area contributed by atoms with Gasteiger partial charge < -0.3 is 20.6 Å². The molecule has 1 aliphatic rings. The number of aromatic hydroxyl groups is 1. The van der Waals surface area contributed by atoms with Crippen LogP contribution in [0, 0.1) is 12.3 Å². The van der Waals surface area contributed by atoms with E-state index in [1.165, 1.54) is 17.2 Å². The van der Waals surface area contributed by atoms with Gasteiger partial charge in [0, 0.05) is 33.5 Å². The van der Waals surface area contributed by atoms with Crippen LogP contribution in [0.15, 0.2) is 28.0 Å². The molecule has 3 atom stereocenters. The van der Waals surface area contributed by atoms with Crippen LogP contribution < -0.4 is 21.5 Å². The molecule has 0 radical (unpaired) electrons. The Morgan fingerprint density at radius 3 is 2.39 bits per heavy atom. The van der Waals surface area contributed by atoms with Gasteiger partial charge in [0.25, 0.3) is 16.8 Å². The SMILES string of the molecule is BC1CC(C)([C@@H](Nc2c(Nc3ccnc(C(=O)N(C)C)c3O)c(=O)c2=O)c2nn(C)cc2C)CC1B. The van der Waals surface area contributed by atoms with Crippen molar-refractivity contribution in [2.75, 3.05) is 24.7 Å². The number of nitrogens with zero attached hydrogens (tertiary/aromatic N) is 4. The van der Waals surface area contributed by atoms with Gasteiger partial charge in [0.2, 0.25) is 0 Å². The Morgan fingerprint density at radius 2 is 1.83 bits per heavy atom. The molecule has 0 bridgehead atoms.